The molecule has 1 heterocycles. The molecule has 0 aliphatic carbocycles. The molecule has 0 saturated carbocycles. The third-order valence-electron chi connectivity index (χ3n) is 3.59. The smallest absolute Gasteiger partial charge is 0.0480 e. The Morgan fingerprint density at radius 3 is 2.90 bits per heavy atom. The number of methoxy groups -OCH3 is 1. The quantitative estimate of drug-likeness (QED) is 0.708. The number of fused-ring (bicyclic) bond motifs is 1. The molecule has 0 saturated heterocycles. The Bertz CT molecular complexity index is 519. The molecule has 0 bridgehead atoms. The number of rotatable bonds is 9. The van der Waals surface area contributed by atoms with E-state index in [1.165, 1.54) is 22.9 Å². The van der Waals surface area contributed by atoms with Gasteiger partial charge in [0.2, 0.25) is 0 Å². The van der Waals surface area contributed by atoms with Crippen LogP contribution in [-0.2, 0) is 17.8 Å². The van der Waals surface area contributed by atoms with Gasteiger partial charge in [0.15, 0.2) is 0 Å². The Morgan fingerprint density at radius 2 is 2.10 bits per heavy atom. The number of unbranched alkanes of at least 4 members (excludes halogenated alkanes) is 1. The molecule has 0 unspecified atom stereocenters. The summed E-state index contributed by atoms with van der Waals surface area (Å²) in [5, 5.41) is 4.79. The normalized spacial score (nSPS) is 11.3. The van der Waals surface area contributed by atoms with Gasteiger partial charge in [-0.15, -0.1) is 0 Å². The van der Waals surface area contributed by atoms with E-state index in [2.05, 4.69) is 47.3 Å². The van der Waals surface area contributed by atoms with E-state index >= 15 is 0 Å². The second-order valence-electron chi connectivity index (χ2n) is 5.28. The fourth-order valence-electron chi connectivity index (χ4n) is 2.49. The third kappa shape index (κ3) is 4.09. The van der Waals surface area contributed by atoms with Gasteiger partial charge < -0.3 is 14.6 Å². The molecule has 2 rings (SSSR count). The van der Waals surface area contributed by atoms with E-state index in [1.807, 2.05) is 0 Å². The lowest BCUT2D eigenvalue weighted by atomic mass is 10.1. The number of hydrogen-bond donors (Lipinski definition) is 1. The van der Waals surface area contributed by atoms with Crippen LogP contribution in [0.5, 0.6) is 0 Å². The number of benzene rings is 1. The number of nitrogens with zero attached hydrogens (tertiary/aromatic N) is 1. The molecule has 1 aromatic carbocycles. The average molecular weight is 274 g/mol. The van der Waals surface area contributed by atoms with Crippen molar-refractivity contribution in [3.8, 4) is 0 Å². The fourth-order valence-corrected chi connectivity index (χ4v) is 2.49. The van der Waals surface area contributed by atoms with Crippen molar-refractivity contribution < 1.29 is 4.74 Å². The van der Waals surface area contributed by atoms with Crippen molar-refractivity contribution in [1.29, 1.82) is 0 Å². The summed E-state index contributed by atoms with van der Waals surface area (Å²) in [6.45, 7) is 6.16. The van der Waals surface area contributed by atoms with Crippen molar-refractivity contribution in [3.05, 3.63) is 36.0 Å². The Kier molecular flexibility index (Phi) is 6.09. The maximum absolute atomic E-state index is 5.09. The lowest BCUT2D eigenvalue weighted by molar-refractivity contribution is 0.191. The van der Waals surface area contributed by atoms with Gasteiger partial charge in [-0.3, -0.25) is 0 Å². The molecule has 0 spiro atoms. The van der Waals surface area contributed by atoms with Crippen LogP contribution in [0, 0.1) is 0 Å². The highest BCUT2D eigenvalue weighted by Crippen LogP contribution is 2.18. The number of aryl methyl sites for hydroxylation is 1. The summed E-state index contributed by atoms with van der Waals surface area (Å²) in [7, 11) is 1.76. The van der Waals surface area contributed by atoms with Crippen LogP contribution in [0.4, 0.5) is 0 Å². The molecule has 0 radical (unpaired) electrons. The molecule has 0 atom stereocenters. The molecule has 0 amide bonds. The van der Waals surface area contributed by atoms with E-state index in [0.717, 1.165) is 39.1 Å². The van der Waals surface area contributed by atoms with E-state index in [9.17, 15) is 0 Å². The van der Waals surface area contributed by atoms with E-state index in [0.29, 0.717) is 0 Å². The Labute approximate surface area is 121 Å². The summed E-state index contributed by atoms with van der Waals surface area (Å²) in [4.78, 5) is 0. The fraction of sp³-hybridized carbons (Fsp3) is 0.529. The Morgan fingerprint density at radius 1 is 1.20 bits per heavy atom. The van der Waals surface area contributed by atoms with Crippen molar-refractivity contribution in [2.45, 2.75) is 39.3 Å². The number of nitrogens with one attached hydrogen (secondary N) is 1. The maximum atomic E-state index is 5.09. The Balaban J connectivity index is 1.97. The molecular formula is C17H26N2O. The summed E-state index contributed by atoms with van der Waals surface area (Å²) < 4.78 is 7.44. The molecular weight excluding hydrogens is 248 g/mol. The molecule has 0 aliphatic rings. The van der Waals surface area contributed by atoms with E-state index in [-0.39, 0.29) is 0 Å². The zero-order valence-electron chi connectivity index (χ0n) is 12.7. The van der Waals surface area contributed by atoms with Gasteiger partial charge >= 0.3 is 0 Å². The van der Waals surface area contributed by atoms with Crippen molar-refractivity contribution in [1.82, 2.24) is 9.88 Å². The van der Waals surface area contributed by atoms with E-state index in [4.69, 9.17) is 4.74 Å². The molecule has 3 nitrogen and oxygen atoms in total. The van der Waals surface area contributed by atoms with Crippen molar-refractivity contribution in [2.75, 3.05) is 20.3 Å². The number of ether oxygens (including phenoxy) is 1. The molecule has 0 aliphatic heterocycles. The van der Waals surface area contributed by atoms with Gasteiger partial charge in [0.25, 0.3) is 0 Å². The molecule has 1 N–H and O–H groups in total. The van der Waals surface area contributed by atoms with Crippen LogP contribution < -0.4 is 5.32 Å². The van der Waals surface area contributed by atoms with Gasteiger partial charge in [0, 0.05) is 38.5 Å². The Hall–Kier alpha value is -1.32. The molecule has 110 valence electrons. The van der Waals surface area contributed by atoms with Crippen LogP contribution in [0.2, 0.25) is 0 Å². The monoisotopic (exact) mass is 274 g/mol. The summed E-state index contributed by atoms with van der Waals surface area (Å²) in [5.74, 6) is 0. The molecule has 3 heteroatoms. The third-order valence-corrected chi connectivity index (χ3v) is 3.59. The zero-order chi connectivity index (χ0) is 14.2. The molecule has 20 heavy (non-hydrogen) atoms. The highest BCUT2D eigenvalue weighted by atomic mass is 16.5. The van der Waals surface area contributed by atoms with Crippen LogP contribution in [0.25, 0.3) is 10.9 Å². The van der Waals surface area contributed by atoms with Crippen molar-refractivity contribution >= 4 is 10.9 Å². The molecule has 1 aromatic heterocycles. The minimum Gasteiger partial charge on any atom is -0.385 e. The van der Waals surface area contributed by atoms with E-state index in [1.54, 1.807) is 7.11 Å². The summed E-state index contributed by atoms with van der Waals surface area (Å²) in [5.41, 5.74) is 2.70. The maximum Gasteiger partial charge on any atom is 0.0480 e. The van der Waals surface area contributed by atoms with Crippen molar-refractivity contribution in [2.24, 2.45) is 0 Å². The highest BCUT2D eigenvalue weighted by Gasteiger charge is 2.02. The standard InChI is InChI=1S/C17H26N2O/c1-3-9-18-14-15-6-7-17-16(13-15)8-11-19(17)10-4-5-12-20-2/h6-8,11,13,18H,3-5,9-10,12,14H2,1-2H3. The second kappa shape index (κ2) is 8.08. The minimum absolute atomic E-state index is 0.854. The minimum atomic E-state index is 0.854. The first-order chi connectivity index (χ1) is 9.85. The van der Waals surface area contributed by atoms with Crippen LogP contribution in [0.3, 0.4) is 0 Å². The van der Waals surface area contributed by atoms with Crippen LogP contribution in [0.1, 0.15) is 31.7 Å². The predicted octanol–water partition coefficient (Wildman–Crippen LogP) is 3.57. The summed E-state index contributed by atoms with van der Waals surface area (Å²) in [6.07, 6.45) is 5.66. The van der Waals surface area contributed by atoms with E-state index < -0.39 is 0 Å². The summed E-state index contributed by atoms with van der Waals surface area (Å²) in [6, 6.07) is 8.99. The first kappa shape index (κ1) is 15.1. The lowest BCUT2D eigenvalue weighted by Crippen LogP contribution is -2.13. The van der Waals surface area contributed by atoms with Gasteiger partial charge in [-0.2, -0.15) is 0 Å². The summed E-state index contributed by atoms with van der Waals surface area (Å²) >= 11 is 0. The first-order valence-electron chi connectivity index (χ1n) is 7.62. The van der Waals surface area contributed by atoms with Gasteiger partial charge in [0.1, 0.15) is 0 Å². The molecule has 0 fully saturated rings. The largest absolute Gasteiger partial charge is 0.385 e. The first-order valence-corrected chi connectivity index (χ1v) is 7.62. The molecule has 2 aromatic rings. The predicted molar refractivity (Wildman–Crippen MR) is 85.0 cm³/mol. The SMILES string of the molecule is CCCNCc1ccc2c(ccn2CCCCOC)c1. The highest BCUT2D eigenvalue weighted by molar-refractivity contribution is 5.80. The average Bonchev–Trinajstić information content (AvgIpc) is 2.86. The number of hydrogen-bond acceptors (Lipinski definition) is 2. The topological polar surface area (TPSA) is 26.2 Å². The van der Waals surface area contributed by atoms with Gasteiger partial charge in [-0.1, -0.05) is 13.0 Å². The van der Waals surface area contributed by atoms with Gasteiger partial charge in [-0.25, -0.2) is 0 Å². The number of aromatic nitrogens is 1. The van der Waals surface area contributed by atoms with Gasteiger partial charge in [0.05, 0.1) is 0 Å². The second-order valence-corrected chi connectivity index (χ2v) is 5.28. The van der Waals surface area contributed by atoms with Gasteiger partial charge in [-0.05, 0) is 55.0 Å². The van der Waals surface area contributed by atoms with Crippen LogP contribution >= 0.6 is 0 Å². The van der Waals surface area contributed by atoms with Crippen LogP contribution in [0.15, 0.2) is 30.5 Å². The lowest BCUT2D eigenvalue weighted by Gasteiger charge is -2.07. The van der Waals surface area contributed by atoms with Crippen LogP contribution in [-0.4, -0.2) is 24.8 Å². The zero-order valence-corrected chi connectivity index (χ0v) is 12.7. The van der Waals surface area contributed by atoms with Crippen molar-refractivity contribution in [3.63, 3.8) is 0 Å².